The molecule has 5 rings (SSSR count). The van der Waals surface area contributed by atoms with Crippen LogP contribution < -0.4 is 0 Å². The van der Waals surface area contributed by atoms with Gasteiger partial charge in [-0.3, -0.25) is 9.89 Å². The number of pyridine rings is 1. The zero-order valence-electron chi connectivity index (χ0n) is 17.8. The first-order valence-corrected chi connectivity index (χ1v) is 10.7. The van der Waals surface area contributed by atoms with E-state index in [9.17, 15) is 14.3 Å². The highest BCUT2D eigenvalue weighted by Crippen LogP contribution is 2.50. The highest BCUT2D eigenvalue weighted by Gasteiger charge is 2.44. The van der Waals surface area contributed by atoms with Crippen molar-refractivity contribution < 1.29 is 14.3 Å². The molecule has 31 heavy (non-hydrogen) atoms. The summed E-state index contributed by atoms with van der Waals surface area (Å²) >= 11 is 0. The molecule has 1 unspecified atom stereocenters. The van der Waals surface area contributed by atoms with Gasteiger partial charge < -0.3 is 9.67 Å². The minimum absolute atomic E-state index is 0.0931. The van der Waals surface area contributed by atoms with Gasteiger partial charge in [-0.2, -0.15) is 5.10 Å². The second-order valence-electron chi connectivity index (χ2n) is 9.23. The first-order chi connectivity index (χ1) is 14.8. The number of carboxylic acid groups (broad SMARTS) is 1. The van der Waals surface area contributed by atoms with E-state index >= 15 is 0 Å². The van der Waals surface area contributed by atoms with Crippen molar-refractivity contribution in [3.63, 3.8) is 0 Å². The number of halogens is 1. The Labute approximate surface area is 179 Å². The van der Waals surface area contributed by atoms with E-state index in [1.54, 1.807) is 18.3 Å². The molecule has 1 aliphatic rings. The number of rotatable bonds is 4. The van der Waals surface area contributed by atoms with Crippen LogP contribution in [0.4, 0.5) is 4.39 Å². The van der Waals surface area contributed by atoms with Gasteiger partial charge in [-0.15, -0.1) is 0 Å². The van der Waals surface area contributed by atoms with Crippen molar-refractivity contribution in [1.82, 2.24) is 19.7 Å². The van der Waals surface area contributed by atoms with Crippen LogP contribution in [0.3, 0.4) is 0 Å². The summed E-state index contributed by atoms with van der Waals surface area (Å²) in [6, 6.07) is 8.54. The van der Waals surface area contributed by atoms with Gasteiger partial charge in [0.1, 0.15) is 5.82 Å². The van der Waals surface area contributed by atoms with E-state index in [-0.39, 0.29) is 17.7 Å². The third kappa shape index (κ3) is 3.02. The number of benzene rings is 1. The summed E-state index contributed by atoms with van der Waals surface area (Å²) in [5.41, 5.74) is 4.85. The summed E-state index contributed by atoms with van der Waals surface area (Å²) in [6.07, 6.45) is 3.76. The lowest BCUT2D eigenvalue weighted by Crippen LogP contribution is -2.23. The van der Waals surface area contributed by atoms with Gasteiger partial charge in [-0.05, 0) is 68.4 Å². The number of carbonyl (C=O) groups is 1. The summed E-state index contributed by atoms with van der Waals surface area (Å²) in [7, 11) is 0. The van der Waals surface area contributed by atoms with E-state index in [2.05, 4.69) is 34.7 Å². The van der Waals surface area contributed by atoms with Crippen molar-refractivity contribution in [3.05, 3.63) is 53.6 Å². The van der Waals surface area contributed by atoms with Crippen LogP contribution in [0.5, 0.6) is 0 Å². The van der Waals surface area contributed by atoms with Crippen LogP contribution in [0.25, 0.3) is 27.8 Å². The maximum Gasteiger partial charge on any atom is 0.309 e. The third-order valence-corrected chi connectivity index (χ3v) is 6.72. The number of hydrogen-bond acceptors (Lipinski definition) is 3. The van der Waals surface area contributed by atoms with Gasteiger partial charge in [0.25, 0.3) is 0 Å². The SMILES string of the molecule is CC(C)c1c(C2CC[C@@](C)(C(=O)O)C2)c2nc3[nH]ncc3cc2n1-c1ccc(F)cc1. The zero-order chi connectivity index (χ0) is 21.9. The lowest BCUT2D eigenvalue weighted by Gasteiger charge is -2.20. The maximum absolute atomic E-state index is 13.7. The zero-order valence-corrected chi connectivity index (χ0v) is 17.8. The van der Waals surface area contributed by atoms with Crippen LogP contribution >= 0.6 is 0 Å². The Morgan fingerprint density at radius 2 is 2.06 bits per heavy atom. The topological polar surface area (TPSA) is 83.8 Å². The fraction of sp³-hybridized carbons (Fsp3) is 0.375. The lowest BCUT2D eigenvalue weighted by atomic mass is 9.85. The lowest BCUT2D eigenvalue weighted by molar-refractivity contribution is -0.147. The Hall–Kier alpha value is -3.22. The molecule has 3 heterocycles. The highest BCUT2D eigenvalue weighted by atomic mass is 19.1. The van der Waals surface area contributed by atoms with Crippen LogP contribution in [0, 0.1) is 11.2 Å². The molecule has 0 bridgehead atoms. The van der Waals surface area contributed by atoms with Crippen LogP contribution in [-0.4, -0.2) is 30.8 Å². The van der Waals surface area contributed by atoms with Gasteiger partial charge >= 0.3 is 5.97 Å². The van der Waals surface area contributed by atoms with Gasteiger partial charge in [-0.1, -0.05) is 13.8 Å². The van der Waals surface area contributed by atoms with Gasteiger partial charge in [0, 0.05) is 22.3 Å². The smallest absolute Gasteiger partial charge is 0.309 e. The maximum atomic E-state index is 13.7. The monoisotopic (exact) mass is 420 g/mol. The molecule has 0 aliphatic heterocycles. The van der Waals surface area contributed by atoms with E-state index in [4.69, 9.17) is 4.98 Å². The molecular formula is C24H25FN4O2. The van der Waals surface area contributed by atoms with Crippen LogP contribution in [0.15, 0.2) is 36.5 Å². The molecule has 1 aromatic carbocycles. The number of nitrogens with zero attached hydrogens (tertiary/aromatic N) is 3. The number of aromatic nitrogens is 4. The number of carboxylic acids is 1. The van der Waals surface area contributed by atoms with E-state index < -0.39 is 11.4 Å². The van der Waals surface area contributed by atoms with Gasteiger partial charge in [0.05, 0.1) is 22.6 Å². The number of aliphatic carboxylic acids is 1. The number of aromatic amines is 1. The van der Waals surface area contributed by atoms with E-state index in [0.717, 1.165) is 39.8 Å². The summed E-state index contributed by atoms with van der Waals surface area (Å²) < 4.78 is 15.8. The second kappa shape index (κ2) is 6.90. The summed E-state index contributed by atoms with van der Waals surface area (Å²) in [5.74, 6) is -0.764. The van der Waals surface area contributed by atoms with Crippen molar-refractivity contribution in [3.8, 4) is 5.69 Å². The van der Waals surface area contributed by atoms with Crippen molar-refractivity contribution in [1.29, 1.82) is 0 Å². The molecule has 7 heteroatoms. The molecule has 1 aliphatic carbocycles. The Bertz CT molecular complexity index is 1300. The molecule has 0 saturated heterocycles. The van der Waals surface area contributed by atoms with Gasteiger partial charge in [0.15, 0.2) is 5.65 Å². The average Bonchev–Trinajstić information content (AvgIpc) is 3.42. The van der Waals surface area contributed by atoms with Crippen LogP contribution in [0.2, 0.25) is 0 Å². The fourth-order valence-electron chi connectivity index (χ4n) is 5.13. The Kier molecular flexibility index (Phi) is 4.39. The fourth-order valence-corrected chi connectivity index (χ4v) is 5.13. The van der Waals surface area contributed by atoms with E-state index in [0.29, 0.717) is 18.5 Å². The summed E-state index contributed by atoms with van der Waals surface area (Å²) in [6.45, 7) is 6.11. The minimum Gasteiger partial charge on any atom is -0.481 e. The van der Waals surface area contributed by atoms with Gasteiger partial charge in [-0.25, -0.2) is 9.37 Å². The first kappa shape index (κ1) is 19.7. The molecule has 3 aromatic heterocycles. The molecule has 1 saturated carbocycles. The molecule has 0 spiro atoms. The predicted molar refractivity (Wildman–Crippen MR) is 117 cm³/mol. The molecule has 0 amide bonds. The molecular weight excluding hydrogens is 395 g/mol. The molecule has 160 valence electrons. The summed E-state index contributed by atoms with van der Waals surface area (Å²) in [5, 5.41) is 17.8. The molecule has 6 nitrogen and oxygen atoms in total. The second-order valence-corrected chi connectivity index (χ2v) is 9.23. The Morgan fingerprint density at radius 3 is 2.71 bits per heavy atom. The molecule has 2 atom stereocenters. The number of H-pyrrole nitrogens is 1. The molecule has 0 radical (unpaired) electrons. The van der Waals surface area contributed by atoms with Crippen LogP contribution in [0.1, 0.15) is 63.1 Å². The largest absolute Gasteiger partial charge is 0.481 e. The average molecular weight is 420 g/mol. The summed E-state index contributed by atoms with van der Waals surface area (Å²) in [4.78, 5) is 16.8. The Balaban J connectivity index is 1.82. The quantitative estimate of drug-likeness (QED) is 0.455. The van der Waals surface area contributed by atoms with Gasteiger partial charge in [0.2, 0.25) is 0 Å². The molecule has 2 N–H and O–H groups in total. The first-order valence-electron chi connectivity index (χ1n) is 10.7. The van der Waals surface area contributed by atoms with Crippen molar-refractivity contribution in [2.75, 3.05) is 0 Å². The molecule has 4 aromatic rings. The molecule has 1 fully saturated rings. The normalized spacial score (nSPS) is 21.5. The number of hydrogen-bond donors (Lipinski definition) is 2. The van der Waals surface area contributed by atoms with Crippen molar-refractivity contribution in [2.24, 2.45) is 5.41 Å². The standard InChI is InChI=1S/C24H25FN4O2/c1-13(2)21-19(14-8-9-24(3,11-14)23(30)31)20-18(10-15-12-26-28-22(15)27-20)29(21)17-6-4-16(25)5-7-17/h4-7,10,12-14H,8-9,11H2,1-3H3,(H,30,31)(H,26,27,28)/t14?,24-/m1/s1. The number of fused-ring (bicyclic) bond motifs is 2. The third-order valence-electron chi connectivity index (χ3n) is 6.72. The van der Waals surface area contributed by atoms with E-state index in [1.807, 2.05) is 6.92 Å². The predicted octanol–water partition coefficient (Wildman–Crippen LogP) is 5.52. The van der Waals surface area contributed by atoms with E-state index in [1.165, 1.54) is 12.1 Å². The van der Waals surface area contributed by atoms with Crippen molar-refractivity contribution in [2.45, 2.75) is 51.9 Å². The highest BCUT2D eigenvalue weighted by molar-refractivity contribution is 5.94. The number of nitrogens with one attached hydrogen (secondary N) is 1. The Morgan fingerprint density at radius 1 is 1.32 bits per heavy atom. The minimum atomic E-state index is -0.743. The van der Waals surface area contributed by atoms with Crippen molar-refractivity contribution >= 4 is 28.0 Å². The van der Waals surface area contributed by atoms with Crippen LogP contribution in [-0.2, 0) is 4.79 Å².